The molecule has 1 aliphatic heterocycles. The predicted octanol–water partition coefficient (Wildman–Crippen LogP) is 2.01. The molecule has 0 aliphatic carbocycles. The molecule has 1 aromatic rings. The van der Waals surface area contributed by atoms with Gasteiger partial charge in [0.1, 0.15) is 18.0 Å². The number of fused-ring (bicyclic) bond motifs is 2. The van der Waals surface area contributed by atoms with Gasteiger partial charge in [-0.25, -0.2) is 0 Å². The van der Waals surface area contributed by atoms with Crippen LogP contribution >= 0.6 is 0 Å². The molecule has 1 unspecified atom stereocenters. The lowest BCUT2D eigenvalue weighted by atomic mass is 10.1. The maximum absolute atomic E-state index is 11.2. The van der Waals surface area contributed by atoms with Gasteiger partial charge in [-0.15, -0.1) is 0 Å². The molecule has 1 atom stereocenters. The molecule has 5 nitrogen and oxygen atoms in total. The lowest BCUT2D eigenvalue weighted by Gasteiger charge is -2.21. The second-order valence-corrected chi connectivity index (χ2v) is 5.78. The van der Waals surface area contributed by atoms with Crippen molar-refractivity contribution in [3.63, 3.8) is 0 Å². The molecule has 0 fully saturated rings. The minimum absolute atomic E-state index is 0.200. The van der Waals surface area contributed by atoms with Crippen molar-refractivity contribution in [2.75, 3.05) is 6.54 Å². The Morgan fingerprint density at radius 1 is 1.50 bits per heavy atom. The van der Waals surface area contributed by atoms with Crippen molar-refractivity contribution in [1.29, 1.82) is 0 Å². The number of nitrogens with one attached hydrogen (secondary N) is 1. The summed E-state index contributed by atoms with van der Waals surface area (Å²) in [5.41, 5.74) is 3.30. The Balaban J connectivity index is 0.000000212. The van der Waals surface area contributed by atoms with Crippen molar-refractivity contribution in [1.82, 2.24) is 5.43 Å². The number of carbonyl (C=O) groups is 1. The Hall–Kier alpha value is -1.59. The second kappa shape index (κ2) is 7.26. The molecule has 0 saturated heterocycles. The van der Waals surface area contributed by atoms with Gasteiger partial charge in [0.2, 0.25) is 0 Å². The average molecular weight is 280 g/mol. The fraction of sp³-hybridized carbons (Fsp3) is 0.533. The van der Waals surface area contributed by atoms with E-state index in [1.165, 1.54) is 5.56 Å². The maximum Gasteiger partial charge on any atom is 0.310 e. The van der Waals surface area contributed by atoms with Gasteiger partial charge in [-0.1, -0.05) is 19.1 Å². The number of nitrogens with two attached hydrogens (primary N) is 1. The lowest BCUT2D eigenvalue weighted by Crippen LogP contribution is -2.35. The van der Waals surface area contributed by atoms with E-state index in [1.54, 1.807) is 6.92 Å². The Morgan fingerprint density at radius 2 is 2.20 bits per heavy atom. The summed E-state index contributed by atoms with van der Waals surface area (Å²) in [6.45, 7) is 8.50. The number of esters is 1. The van der Waals surface area contributed by atoms with Gasteiger partial charge in [-0.05, 0) is 38.5 Å². The zero-order valence-corrected chi connectivity index (χ0v) is 12.6. The molecule has 0 saturated carbocycles. The van der Waals surface area contributed by atoms with E-state index in [1.807, 2.05) is 32.9 Å². The van der Waals surface area contributed by atoms with Crippen molar-refractivity contribution >= 4 is 5.97 Å². The van der Waals surface area contributed by atoms with E-state index in [0.29, 0.717) is 6.54 Å². The highest BCUT2D eigenvalue weighted by atomic mass is 16.6. The average Bonchev–Trinajstić information content (AvgIpc) is 2.67. The zero-order valence-electron chi connectivity index (χ0n) is 12.6. The number of rotatable bonds is 3. The highest BCUT2D eigenvalue weighted by Crippen LogP contribution is 2.20. The van der Waals surface area contributed by atoms with Gasteiger partial charge in [0.25, 0.3) is 0 Å². The van der Waals surface area contributed by atoms with Crippen LogP contribution in [-0.4, -0.2) is 18.1 Å². The molecule has 2 rings (SSSR count). The monoisotopic (exact) mass is 280 g/mol. The summed E-state index contributed by atoms with van der Waals surface area (Å²) in [7, 11) is 0. The largest absolute Gasteiger partial charge is 0.489 e. The summed E-state index contributed by atoms with van der Waals surface area (Å²) in [5.74, 6) is 5.65. The van der Waals surface area contributed by atoms with Crippen molar-refractivity contribution in [2.24, 2.45) is 11.8 Å². The minimum Gasteiger partial charge on any atom is -0.489 e. The standard InChI is InChI=1S/C8H18N2O2.C7H6O/c1-6(5-10-9)7(11)12-8(2,3)4;1-2-6-4-7(3-1)8-5-6/h6,10H,5,9H2,1-4H3;1-4H,5H2. The first kappa shape index (κ1) is 16.5. The quantitative estimate of drug-likeness (QED) is 0.503. The second-order valence-electron chi connectivity index (χ2n) is 5.78. The van der Waals surface area contributed by atoms with E-state index < -0.39 is 5.60 Å². The van der Waals surface area contributed by atoms with Crippen molar-refractivity contribution < 1.29 is 14.3 Å². The van der Waals surface area contributed by atoms with Gasteiger partial charge in [-0.2, -0.15) is 0 Å². The minimum atomic E-state index is -0.417. The summed E-state index contributed by atoms with van der Waals surface area (Å²) < 4.78 is 10.3. The molecule has 2 bridgehead atoms. The third kappa shape index (κ3) is 6.04. The van der Waals surface area contributed by atoms with Crippen LogP contribution in [0, 0.1) is 5.92 Å². The summed E-state index contributed by atoms with van der Waals surface area (Å²) in [4.78, 5) is 11.2. The number of hydrazine groups is 1. The number of hydrogen-bond donors (Lipinski definition) is 2. The smallest absolute Gasteiger partial charge is 0.310 e. The summed E-state index contributed by atoms with van der Waals surface area (Å²) >= 11 is 0. The van der Waals surface area contributed by atoms with Gasteiger partial charge in [0, 0.05) is 6.54 Å². The molecule has 0 radical (unpaired) electrons. The van der Waals surface area contributed by atoms with Crippen LogP contribution in [0.4, 0.5) is 0 Å². The molecule has 112 valence electrons. The van der Waals surface area contributed by atoms with Crippen molar-refractivity contribution in [2.45, 2.75) is 39.9 Å². The SMILES string of the molecule is CC(CNN)C(=O)OC(C)(C)C.c1cc2cc(c1)OC2. The number of hydrogen-bond acceptors (Lipinski definition) is 5. The van der Waals surface area contributed by atoms with Crippen LogP contribution in [-0.2, 0) is 16.1 Å². The van der Waals surface area contributed by atoms with Crippen LogP contribution in [0.25, 0.3) is 0 Å². The van der Waals surface area contributed by atoms with Crippen LogP contribution in [0.3, 0.4) is 0 Å². The van der Waals surface area contributed by atoms with E-state index in [-0.39, 0.29) is 11.9 Å². The molecule has 1 aliphatic rings. The van der Waals surface area contributed by atoms with E-state index in [9.17, 15) is 4.79 Å². The van der Waals surface area contributed by atoms with Crippen molar-refractivity contribution in [3.05, 3.63) is 29.8 Å². The molecular weight excluding hydrogens is 256 g/mol. The summed E-state index contributed by atoms with van der Waals surface area (Å²) in [6.07, 6.45) is 0. The van der Waals surface area contributed by atoms with Crippen LogP contribution in [0.1, 0.15) is 33.3 Å². The first-order valence-corrected chi connectivity index (χ1v) is 6.70. The Labute approximate surface area is 120 Å². The first-order valence-electron chi connectivity index (χ1n) is 6.70. The zero-order chi connectivity index (χ0) is 15.2. The van der Waals surface area contributed by atoms with Gasteiger partial charge in [0.05, 0.1) is 5.92 Å². The van der Waals surface area contributed by atoms with Crippen LogP contribution in [0.2, 0.25) is 0 Å². The van der Waals surface area contributed by atoms with Crippen LogP contribution in [0.5, 0.6) is 5.75 Å². The fourth-order valence-electron chi connectivity index (χ4n) is 1.55. The van der Waals surface area contributed by atoms with Crippen LogP contribution in [0.15, 0.2) is 24.3 Å². The Kier molecular flexibility index (Phi) is 5.98. The maximum atomic E-state index is 11.2. The third-order valence-corrected chi connectivity index (χ3v) is 2.54. The molecule has 1 heterocycles. The van der Waals surface area contributed by atoms with Gasteiger partial charge >= 0.3 is 5.97 Å². The van der Waals surface area contributed by atoms with E-state index in [4.69, 9.17) is 15.3 Å². The summed E-state index contributed by atoms with van der Waals surface area (Å²) in [5, 5.41) is 0. The predicted molar refractivity (Wildman–Crippen MR) is 78.0 cm³/mol. The number of ether oxygens (including phenoxy) is 2. The molecule has 3 N–H and O–H groups in total. The first-order chi connectivity index (χ1) is 9.31. The van der Waals surface area contributed by atoms with E-state index in [0.717, 1.165) is 12.4 Å². The molecule has 5 heteroatoms. The highest BCUT2D eigenvalue weighted by Gasteiger charge is 2.20. The normalized spacial score (nSPS) is 13.8. The van der Waals surface area contributed by atoms with Gasteiger partial charge in [-0.3, -0.25) is 16.1 Å². The third-order valence-electron chi connectivity index (χ3n) is 2.54. The molecule has 1 aromatic carbocycles. The topological polar surface area (TPSA) is 73.6 Å². The number of benzene rings is 1. The van der Waals surface area contributed by atoms with Crippen molar-refractivity contribution in [3.8, 4) is 5.75 Å². The molecule has 0 spiro atoms. The highest BCUT2D eigenvalue weighted by molar-refractivity contribution is 5.72. The lowest BCUT2D eigenvalue weighted by molar-refractivity contribution is -0.159. The van der Waals surface area contributed by atoms with Gasteiger partial charge in [0.15, 0.2) is 0 Å². The molecule has 0 amide bonds. The summed E-state index contributed by atoms with van der Waals surface area (Å²) in [6, 6.07) is 8.10. The van der Waals surface area contributed by atoms with Gasteiger partial charge < -0.3 is 9.47 Å². The van der Waals surface area contributed by atoms with E-state index in [2.05, 4.69) is 17.6 Å². The van der Waals surface area contributed by atoms with E-state index >= 15 is 0 Å². The number of carbonyl (C=O) groups excluding carboxylic acids is 1. The fourth-order valence-corrected chi connectivity index (χ4v) is 1.55. The molecular formula is C15H24N2O3. The molecule has 20 heavy (non-hydrogen) atoms. The van der Waals surface area contributed by atoms with Crippen LogP contribution < -0.4 is 16.0 Å². The molecule has 0 aromatic heterocycles. The Bertz CT molecular complexity index is 422. The Morgan fingerprint density at radius 3 is 2.70 bits per heavy atom.